The van der Waals surface area contributed by atoms with E-state index in [0.717, 1.165) is 16.8 Å². The lowest BCUT2D eigenvalue weighted by atomic mass is 10.3. The molecule has 0 aliphatic heterocycles. The Morgan fingerprint density at radius 2 is 2.17 bits per heavy atom. The molecule has 2 aromatic rings. The Balaban J connectivity index is 2.46. The van der Waals surface area contributed by atoms with Gasteiger partial charge in [-0.2, -0.15) is 8.75 Å². The van der Waals surface area contributed by atoms with Gasteiger partial charge >= 0.3 is 0 Å². The van der Waals surface area contributed by atoms with Crippen LogP contribution in [-0.2, 0) is 0 Å². The zero-order chi connectivity index (χ0) is 8.39. The zero-order valence-electron chi connectivity index (χ0n) is 6.65. The summed E-state index contributed by atoms with van der Waals surface area (Å²) in [5, 5.41) is 0. The van der Waals surface area contributed by atoms with E-state index < -0.39 is 0 Å². The van der Waals surface area contributed by atoms with Gasteiger partial charge in [0, 0.05) is 6.07 Å². The Morgan fingerprint density at radius 3 is 3.00 bits per heavy atom. The summed E-state index contributed by atoms with van der Waals surface area (Å²) < 4.78 is 13.5. The first kappa shape index (κ1) is 7.49. The van der Waals surface area contributed by atoms with E-state index in [1.54, 1.807) is 0 Å². The SMILES string of the molecule is CCOc1ccc2nsnc2c1. The number of hydrogen-bond donors (Lipinski definition) is 0. The van der Waals surface area contributed by atoms with Crippen molar-refractivity contribution in [3.8, 4) is 5.75 Å². The first-order valence-corrected chi connectivity index (χ1v) is 4.48. The fourth-order valence-electron chi connectivity index (χ4n) is 1.02. The fourth-order valence-corrected chi connectivity index (χ4v) is 1.54. The molecule has 0 spiro atoms. The third kappa shape index (κ3) is 1.25. The standard InChI is InChI=1S/C8H8N2OS/c1-2-11-6-3-4-7-8(5-6)10-12-9-7/h3-5H,2H2,1H3. The van der Waals surface area contributed by atoms with Gasteiger partial charge in [0.2, 0.25) is 0 Å². The van der Waals surface area contributed by atoms with Crippen molar-refractivity contribution >= 4 is 22.8 Å². The van der Waals surface area contributed by atoms with Crippen LogP contribution in [0, 0.1) is 0 Å². The van der Waals surface area contributed by atoms with Crippen molar-refractivity contribution < 1.29 is 4.74 Å². The maximum atomic E-state index is 5.32. The van der Waals surface area contributed by atoms with Crippen molar-refractivity contribution in [2.75, 3.05) is 6.61 Å². The Labute approximate surface area is 74.3 Å². The van der Waals surface area contributed by atoms with E-state index >= 15 is 0 Å². The predicted octanol–water partition coefficient (Wildman–Crippen LogP) is 2.09. The smallest absolute Gasteiger partial charge is 0.121 e. The van der Waals surface area contributed by atoms with Crippen LogP contribution in [0.15, 0.2) is 18.2 Å². The van der Waals surface area contributed by atoms with Crippen LogP contribution in [0.25, 0.3) is 11.0 Å². The van der Waals surface area contributed by atoms with Gasteiger partial charge in [-0.1, -0.05) is 0 Å². The minimum atomic E-state index is 0.684. The third-order valence-electron chi connectivity index (χ3n) is 1.54. The number of nitrogens with zero attached hydrogens (tertiary/aromatic N) is 2. The molecule has 2 rings (SSSR count). The van der Waals surface area contributed by atoms with Crippen molar-refractivity contribution in [1.29, 1.82) is 0 Å². The molecular weight excluding hydrogens is 172 g/mol. The zero-order valence-corrected chi connectivity index (χ0v) is 7.47. The van der Waals surface area contributed by atoms with Crippen LogP contribution >= 0.6 is 11.7 Å². The van der Waals surface area contributed by atoms with Crippen molar-refractivity contribution in [3.05, 3.63) is 18.2 Å². The fraction of sp³-hybridized carbons (Fsp3) is 0.250. The lowest BCUT2D eigenvalue weighted by molar-refractivity contribution is 0.340. The van der Waals surface area contributed by atoms with Gasteiger partial charge in [-0.05, 0) is 19.1 Å². The molecule has 0 aliphatic rings. The van der Waals surface area contributed by atoms with E-state index in [1.165, 1.54) is 11.7 Å². The monoisotopic (exact) mass is 180 g/mol. The summed E-state index contributed by atoms with van der Waals surface area (Å²) in [6.45, 7) is 2.65. The summed E-state index contributed by atoms with van der Waals surface area (Å²) in [5.41, 5.74) is 1.84. The van der Waals surface area contributed by atoms with Crippen molar-refractivity contribution in [2.45, 2.75) is 6.92 Å². The van der Waals surface area contributed by atoms with Crippen LogP contribution in [0.3, 0.4) is 0 Å². The second-order valence-corrected chi connectivity index (χ2v) is 2.88. The summed E-state index contributed by atoms with van der Waals surface area (Å²) in [6, 6.07) is 5.74. The summed E-state index contributed by atoms with van der Waals surface area (Å²) in [4.78, 5) is 0. The Kier molecular flexibility index (Phi) is 1.91. The second-order valence-electron chi connectivity index (χ2n) is 2.35. The third-order valence-corrected chi connectivity index (χ3v) is 2.09. The van der Waals surface area contributed by atoms with Gasteiger partial charge < -0.3 is 4.74 Å². The normalized spacial score (nSPS) is 10.4. The van der Waals surface area contributed by atoms with E-state index in [9.17, 15) is 0 Å². The summed E-state index contributed by atoms with van der Waals surface area (Å²) in [7, 11) is 0. The lowest BCUT2D eigenvalue weighted by Crippen LogP contribution is -1.90. The minimum absolute atomic E-state index is 0.684. The molecule has 1 aromatic heterocycles. The topological polar surface area (TPSA) is 35.0 Å². The second kappa shape index (κ2) is 3.06. The molecule has 12 heavy (non-hydrogen) atoms. The van der Waals surface area contributed by atoms with E-state index in [0.29, 0.717) is 6.61 Å². The Morgan fingerprint density at radius 1 is 1.33 bits per heavy atom. The van der Waals surface area contributed by atoms with Gasteiger partial charge in [-0.3, -0.25) is 0 Å². The van der Waals surface area contributed by atoms with Gasteiger partial charge in [0.1, 0.15) is 16.8 Å². The molecule has 0 fully saturated rings. The molecule has 0 N–H and O–H groups in total. The van der Waals surface area contributed by atoms with Crippen LogP contribution in [0.5, 0.6) is 5.75 Å². The average molecular weight is 180 g/mol. The molecule has 0 saturated heterocycles. The molecular formula is C8H8N2OS. The van der Waals surface area contributed by atoms with E-state index in [2.05, 4.69) is 8.75 Å². The lowest BCUT2D eigenvalue weighted by Gasteiger charge is -2.00. The van der Waals surface area contributed by atoms with Crippen molar-refractivity contribution in [1.82, 2.24) is 8.75 Å². The number of aromatic nitrogens is 2. The van der Waals surface area contributed by atoms with Gasteiger partial charge in [0.05, 0.1) is 18.3 Å². The summed E-state index contributed by atoms with van der Waals surface area (Å²) in [5.74, 6) is 0.859. The van der Waals surface area contributed by atoms with E-state index in [1.807, 2.05) is 25.1 Å². The number of fused-ring (bicyclic) bond motifs is 1. The molecule has 0 saturated carbocycles. The predicted molar refractivity (Wildman–Crippen MR) is 48.6 cm³/mol. The highest BCUT2D eigenvalue weighted by Gasteiger charge is 1.99. The van der Waals surface area contributed by atoms with Crippen LogP contribution in [0.1, 0.15) is 6.92 Å². The first-order valence-electron chi connectivity index (χ1n) is 3.75. The maximum absolute atomic E-state index is 5.32. The van der Waals surface area contributed by atoms with E-state index in [4.69, 9.17) is 4.74 Å². The quantitative estimate of drug-likeness (QED) is 0.709. The minimum Gasteiger partial charge on any atom is -0.494 e. The molecule has 0 atom stereocenters. The molecule has 0 radical (unpaired) electrons. The highest BCUT2D eigenvalue weighted by Crippen LogP contribution is 2.18. The Bertz CT molecular complexity index is 385. The van der Waals surface area contributed by atoms with Gasteiger partial charge in [-0.25, -0.2) is 0 Å². The maximum Gasteiger partial charge on any atom is 0.121 e. The number of hydrogen-bond acceptors (Lipinski definition) is 4. The number of rotatable bonds is 2. The Hall–Kier alpha value is -1.16. The van der Waals surface area contributed by atoms with E-state index in [-0.39, 0.29) is 0 Å². The van der Waals surface area contributed by atoms with Gasteiger partial charge in [0.25, 0.3) is 0 Å². The molecule has 1 heterocycles. The average Bonchev–Trinajstić information content (AvgIpc) is 2.51. The molecule has 0 unspecified atom stereocenters. The molecule has 0 bridgehead atoms. The van der Waals surface area contributed by atoms with Gasteiger partial charge in [-0.15, -0.1) is 0 Å². The molecule has 4 heteroatoms. The highest BCUT2D eigenvalue weighted by molar-refractivity contribution is 7.00. The first-order chi connectivity index (χ1) is 5.90. The molecule has 1 aromatic carbocycles. The number of benzene rings is 1. The van der Waals surface area contributed by atoms with Crippen molar-refractivity contribution in [2.24, 2.45) is 0 Å². The highest BCUT2D eigenvalue weighted by atomic mass is 32.1. The van der Waals surface area contributed by atoms with Crippen molar-refractivity contribution in [3.63, 3.8) is 0 Å². The molecule has 3 nitrogen and oxygen atoms in total. The summed E-state index contributed by atoms with van der Waals surface area (Å²) >= 11 is 1.22. The van der Waals surface area contributed by atoms with Gasteiger partial charge in [0.15, 0.2) is 0 Å². The van der Waals surface area contributed by atoms with Crippen LogP contribution in [0.4, 0.5) is 0 Å². The largest absolute Gasteiger partial charge is 0.494 e. The van der Waals surface area contributed by atoms with Crippen LogP contribution in [-0.4, -0.2) is 15.4 Å². The number of ether oxygens (including phenoxy) is 1. The van der Waals surface area contributed by atoms with Crippen LogP contribution < -0.4 is 4.74 Å². The summed E-state index contributed by atoms with van der Waals surface area (Å²) in [6.07, 6.45) is 0. The molecule has 0 aliphatic carbocycles. The molecule has 0 amide bonds. The van der Waals surface area contributed by atoms with Crippen LogP contribution in [0.2, 0.25) is 0 Å². The molecule has 62 valence electrons.